The Labute approximate surface area is 182 Å². The molecule has 0 saturated carbocycles. The van der Waals surface area contributed by atoms with Crippen LogP contribution < -0.4 is 14.8 Å². The number of hydrogen-bond acceptors (Lipinski definition) is 8. The number of carbonyl (C=O) groups is 2. The number of ether oxygens (including phenoxy) is 3. The monoisotopic (exact) mass is 446 g/mol. The molecular formula is C21H22N2O5S2. The fourth-order valence-electron chi connectivity index (χ4n) is 2.89. The van der Waals surface area contributed by atoms with Gasteiger partial charge in [-0.25, -0.2) is 9.78 Å². The van der Waals surface area contributed by atoms with Crippen LogP contribution in [0.3, 0.4) is 0 Å². The average molecular weight is 447 g/mol. The maximum Gasteiger partial charge on any atom is 0.341 e. The number of rotatable bonds is 7. The van der Waals surface area contributed by atoms with Crippen molar-refractivity contribution in [3.05, 3.63) is 45.3 Å². The second kappa shape index (κ2) is 9.27. The number of nitrogens with one attached hydrogen (secondary N) is 1. The van der Waals surface area contributed by atoms with Gasteiger partial charge in [0.1, 0.15) is 10.0 Å². The van der Waals surface area contributed by atoms with Gasteiger partial charge in [0.15, 0.2) is 11.5 Å². The number of carbonyl (C=O) groups excluding carboxylic acids is 2. The number of esters is 1. The largest absolute Gasteiger partial charge is 0.493 e. The molecular weight excluding hydrogens is 424 g/mol. The van der Waals surface area contributed by atoms with E-state index >= 15 is 0 Å². The van der Waals surface area contributed by atoms with E-state index in [9.17, 15) is 9.59 Å². The predicted octanol–water partition coefficient (Wildman–Crippen LogP) is 4.47. The molecule has 0 saturated heterocycles. The van der Waals surface area contributed by atoms with Crippen molar-refractivity contribution in [2.24, 2.45) is 0 Å². The molecule has 0 spiro atoms. The van der Waals surface area contributed by atoms with E-state index in [-0.39, 0.29) is 12.3 Å². The zero-order chi connectivity index (χ0) is 21.8. The van der Waals surface area contributed by atoms with Gasteiger partial charge in [-0.05, 0) is 37.6 Å². The molecule has 0 aliphatic carbocycles. The Balaban J connectivity index is 1.75. The van der Waals surface area contributed by atoms with Crippen molar-refractivity contribution in [1.82, 2.24) is 4.98 Å². The summed E-state index contributed by atoms with van der Waals surface area (Å²) in [7, 11) is 4.49. The topological polar surface area (TPSA) is 86.8 Å². The van der Waals surface area contributed by atoms with Crippen molar-refractivity contribution in [2.75, 3.05) is 26.6 Å². The molecule has 0 bridgehead atoms. The molecule has 1 amide bonds. The van der Waals surface area contributed by atoms with E-state index in [4.69, 9.17) is 14.2 Å². The van der Waals surface area contributed by atoms with Crippen LogP contribution in [0.5, 0.6) is 11.5 Å². The van der Waals surface area contributed by atoms with Crippen LogP contribution in [0.15, 0.2) is 23.6 Å². The highest BCUT2D eigenvalue weighted by Gasteiger charge is 2.22. The summed E-state index contributed by atoms with van der Waals surface area (Å²) >= 11 is 2.80. The van der Waals surface area contributed by atoms with Crippen LogP contribution in [-0.4, -0.2) is 38.2 Å². The number of thiazole rings is 1. The minimum absolute atomic E-state index is 0.0976. The molecule has 2 aromatic heterocycles. The lowest BCUT2D eigenvalue weighted by Crippen LogP contribution is -2.16. The van der Waals surface area contributed by atoms with Gasteiger partial charge in [0, 0.05) is 15.8 Å². The Morgan fingerprint density at radius 2 is 1.83 bits per heavy atom. The van der Waals surface area contributed by atoms with E-state index in [2.05, 4.69) is 10.3 Å². The molecule has 158 valence electrons. The second-order valence-electron chi connectivity index (χ2n) is 6.42. The number of hydrogen-bond donors (Lipinski definition) is 1. The number of anilines is 1. The molecule has 0 aliphatic heterocycles. The molecule has 30 heavy (non-hydrogen) atoms. The van der Waals surface area contributed by atoms with Gasteiger partial charge >= 0.3 is 5.97 Å². The molecule has 0 radical (unpaired) electrons. The summed E-state index contributed by atoms with van der Waals surface area (Å²) < 4.78 is 15.4. The SMILES string of the molecule is COC(=O)c1c(NC(=O)Cc2csc(-c3ccc(OC)c(OC)c3)n2)sc(C)c1C. The van der Waals surface area contributed by atoms with Gasteiger partial charge in [-0.3, -0.25) is 4.79 Å². The van der Waals surface area contributed by atoms with Gasteiger partial charge in [-0.2, -0.15) is 0 Å². The van der Waals surface area contributed by atoms with E-state index in [1.165, 1.54) is 29.8 Å². The van der Waals surface area contributed by atoms with Crippen molar-refractivity contribution in [3.63, 3.8) is 0 Å². The Hall–Kier alpha value is -2.91. The number of nitrogens with zero attached hydrogens (tertiary/aromatic N) is 1. The number of benzene rings is 1. The van der Waals surface area contributed by atoms with Crippen LogP contribution in [0.25, 0.3) is 10.6 Å². The first kappa shape index (κ1) is 21.8. The highest BCUT2D eigenvalue weighted by Crippen LogP contribution is 2.34. The predicted molar refractivity (Wildman–Crippen MR) is 118 cm³/mol. The van der Waals surface area contributed by atoms with E-state index in [0.29, 0.717) is 27.8 Å². The fourth-order valence-corrected chi connectivity index (χ4v) is 4.77. The molecule has 0 fully saturated rings. The zero-order valence-corrected chi connectivity index (χ0v) is 19.0. The maximum atomic E-state index is 12.6. The average Bonchev–Trinajstić information content (AvgIpc) is 3.31. The molecule has 0 atom stereocenters. The molecule has 1 aromatic carbocycles. The van der Waals surface area contributed by atoms with Crippen LogP contribution in [-0.2, 0) is 16.0 Å². The van der Waals surface area contributed by atoms with Crippen LogP contribution in [0, 0.1) is 13.8 Å². The molecule has 2 heterocycles. The van der Waals surface area contributed by atoms with Crippen LogP contribution in [0.4, 0.5) is 5.00 Å². The van der Waals surface area contributed by atoms with E-state index in [0.717, 1.165) is 21.0 Å². The summed E-state index contributed by atoms with van der Waals surface area (Å²) in [5.74, 6) is 0.547. The first-order chi connectivity index (χ1) is 14.4. The summed E-state index contributed by atoms with van der Waals surface area (Å²) in [6.45, 7) is 3.74. The minimum atomic E-state index is -0.462. The lowest BCUT2D eigenvalue weighted by atomic mass is 10.1. The first-order valence-electron chi connectivity index (χ1n) is 9.02. The van der Waals surface area contributed by atoms with Gasteiger partial charge in [0.2, 0.25) is 5.91 Å². The lowest BCUT2D eigenvalue weighted by Gasteiger charge is -2.08. The third kappa shape index (κ3) is 4.47. The number of amides is 1. The third-order valence-corrected chi connectivity index (χ3v) is 6.61. The normalized spacial score (nSPS) is 10.6. The minimum Gasteiger partial charge on any atom is -0.493 e. The summed E-state index contributed by atoms with van der Waals surface area (Å²) in [5, 5.41) is 5.94. The van der Waals surface area contributed by atoms with Crippen LogP contribution in [0.1, 0.15) is 26.5 Å². The molecule has 3 aromatic rings. The van der Waals surface area contributed by atoms with Crippen molar-refractivity contribution in [2.45, 2.75) is 20.3 Å². The summed E-state index contributed by atoms with van der Waals surface area (Å²) in [6, 6.07) is 5.56. The number of aromatic nitrogens is 1. The Kier molecular flexibility index (Phi) is 6.73. The smallest absolute Gasteiger partial charge is 0.341 e. The highest BCUT2D eigenvalue weighted by molar-refractivity contribution is 7.16. The molecule has 3 rings (SSSR count). The maximum absolute atomic E-state index is 12.6. The molecule has 0 unspecified atom stereocenters. The van der Waals surface area contributed by atoms with Gasteiger partial charge in [-0.1, -0.05) is 0 Å². The standard InChI is InChI=1S/C21H22N2O5S2/c1-11-12(2)30-20(18(11)21(25)28-5)23-17(24)9-14-10-29-19(22-14)13-6-7-15(26-3)16(8-13)27-4/h6-8,10H,9H2,1-5H3,(H,23,24). The first-order valence-corrected chi connectivity index (χ1v) is 10.7. The fraction of sp³-hybridized carbons (Fsp3) is 0.286. The number of thiophene rings is 1. The van der Waals surface area contributed by atoms with Gasteiger partial charge < -0.3 is 19.5 Å². The Morgan fingerprint density at radius 1 is 1.10 bits per heavy atom. The summed E-state index contributed by atoms with van der Waals surface area (Å²) in [6.07, 6.45) is 0.0976. The molecule has 0 aliphatic rings. The highest BCUT2D eigenvalue weighted by atomic mass is 32.1. The summed E-state index contributed by atoms with van der Waals surface area (Å²) in [5.41, 5.74) is 2.73. The lowest BCUT2D eigenvalue weighted by molar-refractivity contribution is -0.115. The van der Waals surface area contributed by atoms with Gasteiger partial charge in [0.25, 0.3) is 0 Å². The van der Waals surface area contributed by atoms with Crippen molar-refractivity contribution < 1.29 is 23.8 Å². The van der Waals surface area contributed by atoms with Crippen molar-refractivity contribution in [1.29, 1.82) is 0 Å². The third-order valence-electron chi connectivity index (χ3n) is 4.55. The Bertz CT molecular complexity index is 1090. The molecule has 7 nitrogen and oxygen atoms in total. The van der Waals surface area contributed by atoms with Crippen molar-refractivity contribution in [3.8, 4) is 22.1 Å². The van der Waals surface area contributed by atoms with E-state index in [1.54, 1.807) is 14.2 Å². The molecule has 1 N–H and O–H groups in total. The summed E-state index contributed by atoms with van der Waals surface area (Å²) in [4.78, 5) is 30.2. The Morgan fingerprint density at radius 3 is 2.50 bits per heavy atom. The van der Waals surface area contributed by atoms with Crippen LogP contribution >= 0.6 is 22.7 Å². The van der Waals surface area contributed by atoms with Gasteiger partial charge in [-0.15, -0.1) is 22.7 Å². The number of aryl methyl sites for hydroxylation is 1. The van der Waals surface area contributed by atoms with E-state index < -0.39 is 5.97 Å². The van der Waals surface area contributed by atoms with Crippen molar-refractivity contribution >= 4 is 39.6 Å². The number of methoxy groups -OCH3 is 3. The van der Waals surface area contributed by atoms with Crippen LogP contribution in [0.2, 0.25) is 0 Å². The van der Waals surface area contributed by atoms with E-state index in [1.807, 2.05) is 37.4 Å². The zero-order valence-electron chi connectivity index (χ0n) is 17.3. The quantitative estimate of drug-likeness (QED) is 0.539. The second-order valence-corrected chi connectivity index (χ2v) is 8.50. The van der Waals surface area contributed by atoms with Gasteiger partial charge in [0.05, 0.1) is 39.0 Å². The molecule has 9 heteroatoms.